The summed E-state index contributed by atoms with van der Waals surface area (Å²) in [7, 11) is 1.66. The van der Waals surface area contributed by atoms with E-state index >= 15 is 0 Å². The molecule has 0 fully saturated rings. The molecule has 0 amide bonds. The van der Waals surface area contributed by atoms with Gasteiger partial charge in [-0.1, -0.05) is 0 Å². The molecule has 0 bridgehead atoms. The Hall–Kier alpha value is -2.81. The Morgan fingerprint density at radius 1 is 1.03 bits per heavy atom. The number of pyridine rings is 1. The van der Waals surface area contributed by atoms with E-state index in [9.17, 15) is 0 Å². The lowest BCUT2D eigenvalue weighted by molar-refractivity contribution is 0.0920. The number of thiazole rings is 1. The van der Waals surface area contributed by atoms with Crippen molar-refractivity contribution >= 4 is 23.1 Å². The van der Waals surface area contributed by atoms with Crippen LogP contribution in [-0.2, 0) is 4.74 Å². The maximum absolute atomic E-state index is 6.09. The van der Waals surface area contributed by atoms with E-state index in [1.807, 2.05) is 61.0 Å². The standard InChI is InChI=1S/C23H23N3O3S2/c1-15(14-27-2)28-18-10-16(20-5-6-21(26-20)23-24-8-9-31-23)11-19(12-18)29-17-4-7-22(30-3)25-13-17/h4-13,15,26H,14H2,1-3H3/t15-/m0/s1. The van der Waals surface area contributed by atoms with E-state index in [4.69, 9.17) is 14.2 Å². The first kappa shape index (κ1) is 21.4. The van der Waals surface area contributed by atoms with Crippen LogP contribution in [0.3, 0.4) is 0 Å². The molecule has 0 saturated heterocycles. The minimum atomic E-state index is -0.0925. The summed E-state index contributed by atoms with van der Waals surface area (Å²) in [4.78, 5) is 12.2. The Kier molecular flexibility index (Phi) is 6.91. The predicted octanol–water partition coefficient (Wildman–Crippen LogP) is 6.13. The Balaban J connectivity index is 1.65. The first-order chi connectivity index (χ1) is 15.1. The van der Waals surface area contributed by atoms with Crippen molar-refractivity contribution in [3.8, 4) is 39.2 Å². The molecule has 0 aliphatic heterocycles. The van der Waals surface area contributed by atoms with Crippen LogP contribution in [0.25, 0.3) is 22.0 Å². The van der Waals surface area contributed by atoms with Gasteiger partial charge < -0.3 is 19.2 Å². The van der Waals surface area contributed by atoms with Gasteiger partial charge in [0.1, 0.15) is 28.4 Å². The third-order valence-electron chi connectivity index (χ3n) is 4.43. The minimum Gasteiger partial charge on any atom is -0.488 e. The molecule has 0 radical (unpaired) electrons. The maximum Gasteiger partial charge on any atom is 0.145 e. The largest absolute Gasteiger partial charge is 0.488 e. The number of ether oxygens (including phenoxy) is 3. The molecule has 1 N–H and O–H groups in total. The number of nitrogens with one attached hydrogen (secondary N) is 1. The first-order valence-corrected chi connectivity index (χ1v) is 11.8. The van der Waals surface area contributed by atoms with Crippen molar-refractivity contribution in [3.63, 3.8) is 0 Å². The maximum atomic E-state index is 6.09. The van der Waals surface area contributed by atoms with Gasteiger partial charge in [0.2, 0.25) is 0 Å². The zero-order valence-corrected chi connectivity index (χ0v) is 19.1. The smallest absolute Gasteiger partial charge is 0.145 e. The number of H-pyrrole nitrogens is 1. The van der Waals surface area contributed by atoms with Crippen molar-refractivity contribution in [3.05, 3.63) is 60.2 Å². The summed E-state index contributed by atoms with van der Waals surface area (Å²) >= 11 is 3.19. The molecule has 160 valence electrons. The molecule has 4 rings (SSSR count). The molecule has 3 aromatic heterocycles. The summed E-state index contributed by atoms with van der Waals surface area (Å²) in [5.74, 6) is 2.04. The summed E-state index contributed by atoms with van der Waals surface area (Å²) in [5, 5.41) is 3.85. The molecule has 1 atom stereocenters. The van der Waals surface area contributed by atoms with Crippen LogP contribution in [0.2, 0.25) is 0 Å². The molecule has 0 aliphatic carbocycles. The number of aromatic amines is 1. The molecule has 0 spiro atoms. The number of benzene rings is 1. The lowest BCUT2D eigenvalue weighted by Gasteiger charge is -2.16. The van der Waals surface area contributed by atoms with Crippen molar-refractivity contribution in [2.75, 3.05) is 20.0 Å². The van der Waals surface area contributed by atoms with Gasteiger partial charge in [-0.15, -0.1) is 23.1 Å². The molecule has 0 unspecified atom stereocenters. The molecule has 0 aliphatic rings. The van der Waals surface area contributed by atoms with Crippen LogP contribution in [0, 0.1) is 0 Å². The van der Waals surface area contributed by atoms with Crippen molar-refractivity contribution < 1.29 is 14.2 Å². The molecule has 1 aromatic carbocycles. The van der Waals surface area contributed by atoms with Crippen molar-refractivity contribution in [1.29, 1.82) is 0 Å². The highest BCUT2D eigenvalue weighted by molar-refractivity contribution is 7.98. The Bertz CT molecular complexity index is 1110. The van der Waals surface area contributed by atoms with Crippen molar-refractivity contribution in [1.82, 2.24) is 15.0 Å². The lowest BCUT2D eigenvalue weighted by Crippen LogP contribution is -2.17. The van der Waals surface area contributed by atoms with Crippen molar-refractivity contribution in [2.24, 2.45) is 0 Å². The normalized spacial score (nSPS) is 12.0. The summed E-state index contributed by atoms with van der Waals surface area (Å²) in [6.45, 7) is 2.47. The van der Waals surface area contributed by atoms with Crippen LogP contribution in [0.5, 0.6) is 17.2 Å². The van der Waals surface area contributed by atoms with Gasteiger partial charge in [0.25, 0.3) is 0 Å². The molecule has 6 nitrogen and oxygen atoms in total. The average molecular weight is 454 g/mol. The topological polar surface area (TPSA) is 69.3 Å². The van der Waals surface area contributed by atoms with Crippen LogP contribution in [0.1, 0.15) is 6.92 Å². The SMILES string of the molecule is COC[C@H](C)Oc1cc(Oc2ccc(SC)nc2)cc(-c2ccc(-c3nccs3)[nH]2)c1. The van der Waals surface area contributed by atoms with Gasteiger partial charge >= 0.3 is 0 Å². The van der Waals surface area contributed by atoms with E-state index in [1.54, 1.807) is 42.6 Å². The van der Waals surface area contributed by atoms with E-state index in [0.717, 1.165) is 27.0 Å². The van der Waals surface area contributed by atoms with E-state index in [2.05, 4.69) is 15.0 Å². The summed E-state index contributed by atoms with van der Waals surface area (Å²) in [5.41, 5.74) is 2.88. The second-order valence-electron chi connectivity index (χ2n) is 6.84. The Morgan fingerprint density at radius 3 is 2.58 bits per heavy atom. The second-order valence-corrected chi connectivity index (χ2v) is 8.56. The predicted molar refractivity (Wildman–Crippen MR) is 125 cm³/mol. The van der Waals surface area contributed by atoms with Gasteiger partial charge in [0.05, 0.1) is 23.5 Å². The van der Waals surface area contributed by atoms with Crippen LogP contribution >= 0.6 is 23.1 Å². The minimum absolute atomic E-state index is 0.0925. The summed E-state index contributed by atoms with van der Waals surface area (Å²) in [6.07, 6.45) is 5.43. The molecule has 8 heteroatoms. The third-order valence-corrected chi connectivity index (χ3v) is 5.90. The second kappa shape index (κ2) is 10.00. The zero-order chi connectivity index (χ0) is 21.6. The van der Waals surface area contributed by atoms with Gasteiger partial charge in [0.15, 0.2) is 0 Å². The summed E-state index contributed by atoms with van der Waals surface area (Å²) < 4.78 is 17.4. The molecular formula is C23H23N3O3S2. The number of aromatic nitrogens is 3. The number of rotatable bonds is 9. The molecule has 0 saturated carbocycles. The van der Waals surface area contributed by atoms with Crippen molar-refractivity contribution in [2.45, 2.75) is 18.1 Å². The summed E-state index contributed by atoms with van der Waals surface area (Å²) in [6, 6.07) is 13.8. The molecule has 3 heterocycles. The molecule has 31 heavy (non-hydrogen) atoms. The van der Waals surface area contributed by atoms with E-state index < -0.39 is 0 Å². The van der Waals surface area contributed by atoms with Gasteiger partial charge in [0, 0.05) is 36.0 Å². The van der Waals surface area contributed by atoms with Crippen LogP contribution < -0.4 is 9.47 Å². The number of thioether (sulfide) groups is 1. The number of hydrogen-bond donors (Lipinski definition) is 1. The van der Waals surface area contributed by atoms with Crippen LogP contribution in [-0.4, -0.2) is 41.0 Å². The average Bonchev–Trinajstić information content (AvgIpc) is 3.46. The van der Waals surface area contributed by atoms with Gasteiger partial charge in [-0.2, -0.15) is 0 Å². The number of methoxy groups -OCH3 is 1. The quantitative estimate of drug-likeness (QED) is 0.308. The lowest BCUT2D eigenvalue weighted by atomic mass is 10.1. The van der Waals surface area contributed by atoms with E-state index in [0.29, 0.717) is 23.9 Å². The van der Waals surface area contributed by atoms with E-state index in [1.165, 1.54) is 0 Å². The zero-order valence-electron chi connectivity index (χ0n) is 17.5. The number of nitrogens with zero attached hydrogens (tertiary/aromatic N) is 2. The van der Waals surface area contributed by atoms with Gasteiger partial charge in [-0.05, 0) is 49.6 Å². The fourth-order valence-electron chi connectivity index (χ4n) is 3.08. The fraction of sp³-hybridized carbons (Fsp3) is 0.217. The Labute approximate surface area is 189 Å². The van der Waals surface area contributed by atoms with Crippen LogP contribution in [0.4, 0.5) is 0 Å². The fourth-order valence-corrected chi connectivity index (χ4v) is 4.06. The number of hydrogen-bond acceptors (Lipinski definition) is 7. The Morgan fingerprint density at radius 2 is 1.87 bits per heavy atom. The van der Waals surface area contributed by atoms with Crippen LogP contribution in [0.15, 0.2) is 65.3 Å². The molecular weight excluding hydrogens is 430 g/mol. The highest BCUT2D eigenvalue weighted by Gasteiger charge is 2.12. The van der Waals surface area contributed by atoms with Gasteiger partial charge in [-0.3, -0.25) is 0 Å². The monoisotopic (exact) mass is 453 g/mol. The third kappa shape index (κ3) is 5.46. The highest BCUT2D eigenvalue weighted by atomic mass is 32.2. The van der Waals surface area contributed by atoms with Gasteiger partial charge in [-0.25, -0.2) is 9.97 Å². The highest BCUT2D eigenvalue weighted by Crippen LogP contribution is 2.34. The van der Waals surface area contributed by atoms with E-state index in [-0.39, 0.29) is 6.10 Å². The molecule has 4 aromatic rings. The first-order valence-electron chi connectivity index (χ1n) is 9.72.